The van der Waals surface area contributed by atoms with E-state index in [-0.39, 0.29) is 5.91 Å². The minimum absolute atomic E-state index is 0.105. The van der Waals surface area contributed by atoms with Crippen molar-refractivity contribution in [1.29, 1.82) is 0 Å². The molecule has 3 nitrogen and oxygen atoms in total. The Kier molecular flexibility index (Phi) is 5.92. The summed E-state index contributed by atoms with van der Waals surface area (Å²) in [5, 5.41) is 0. The lowest BCUT2D eigenvalue weighted by Crippen LogP contribution is -2.27. The predicted molar refractivity (Wildman–Crippen MR) is 111 cm³/mol. The Balaban J connectivity index is 1.75. The molecule has 0 radical (unpaired) electrons. The third kappa shape index (κ3) is 4.37. The van der Waals surface area contributed by atoms with E-state index in [1.54, 1.807) is 12.0 Å². The largest absolute Gasteiger partial charge is 0.497 e. The summed E-state index contributed by atoms with van der Waals surface area (Å²) in [5.74, 6) is 0.949. The third-order valence-corrected chi connectivity index (χ3v) is 4.88. The van der Waals surface area contributed by atoms with E-state index in [4.69, 9.17) is 4.74 Å². The number of hydrogen-bond donors (Lipinski definition) is 0. The average molecular weight is 359 g/mol. The first-order chi connectivity index (χ1) is 13.1. The first-order valence-electron chi connectivity index (χ1n) is 9.14. The lowest BCUT2D eigenvalue weighted by atomic mass is 10.0. The molecular formula is C24H25NO2. The number of anilines is 1. The number of ether oxygens (including phenoxy) is 1. The van der Waals surface area contributed by atoms with Gasteiger partial charge in [0.1, 0.15) is 5.75 Å². The molecule has 3 heteroatoms. The molecule has 3 rings (SSSR count). The third-order valence-electron chi connectivity index (χ3n) is 4.88. The molecule has 0 atom stereocenters. The summed E-state index contributed by atoms with van der Waals surface area (Å²) < 4.78 is 5.25. The van der Waals surface area contributed by atoms with Gasteiger partial charge in [-0.3, -0.25) is 4.79 Å². The van der Waals surface area contributed by atoms with Crippen LogP contribution in [0.3, 0.4) is 0 Å². The molecule has 0 saturated heterocycles. The van der Waals surface area contributed by atoms with Gasteiger partial charge in [-0.2, -0.15) is 0 Å². The second kappa shape index (κ2) is 8.54. The summed E-state index contributed by atoms with van der Waals surface area (Å²) in [6.07, 6.45) is 1.18. The molecule has 0 spiro atoms. The highest BCUT2D eigenvalue weighted by molar-refractivity contribution is 5.97. The molecule has 0 unspecified atom stereocenters. The molecule has 0 saturated carbocycles. The highest BCUT2D eigenvalue weighted by Crippen LogP contribution is 2.30. The topological polar surface area (TPSA) is 29.5 Å². The van der Waals surface area contributed by atoms with Crippen molar-refractivity contribution in [3.63, 3.8) is 0 Å². The number of methoxy groups -OCH3 is 1. The molecule has 0 aliphatic carbocycles. The molecule has 0 bridgehead atoms. The van der Waals surface area contributed by atoms with Crippen molar-refractivity contribution in [3.05, 3.63) is 83.9 Å². The zero-order valence-corrected chi connectivity index (χ0v) is 16.1. The number of hydrogen-bond acceptors (Lipinski definition) is 2. The van der Waals surface area contributed by atoms with Crippen molar-refractivity contribution in [1.82, 2.24) is 0 Å². The first-order valence-corrected chi connectivity index (χ1v) is 9.14. The fraction of sp³-hybridized carbons (Fsp3) is 0.208. The van der Waals surface area contributed by atoms with Gasteiger partial charge in [-0.25, -0.2) is 0 Å². The maximum Gasteiger partial charge on any atom is 0.227 e. The fourth-order valence-electron chi connectivity index (χ4n) is 3.25. The molecule has 0 N–H and O–H groups in total. The minimum atomic E-state index is 0.105. The summed E-state index contributed by atoms with van der Waals surface area (Å²) in [4.78, 5) is 14.6. The minimum Gasteiger partial charge on any atom is -0.497 e. The van der Waals surface area contributed by atoms with Crippen LogP contribution in [-0.2, 0) is 11.2 Å². The van der Waals surface area contributed by atoms with Crippen molar-refractivity contribution >= 4 is 11.6 Å². The number of rotatable bonds is 6. The highest BCUT2D eigenvalue weighted by Gasteiger charge is 2.15. The van der Waals surface area contributed by atoms with E-state index in [0.29, 0.717) is 12.8 Å². The van der Waals surface area contributed by atoms with Crippen LogP contribution in [0.5, 0.6) is 5.75 Å². The smallest absolute Gasteiger partial charge is 0.227 e. The monoisotopic (exact) mass is 359 g/mol. The second-order valence-corrected chi connectivity index (χ2v) is 6.63. The maximum absolute atomic E-state index is 12.8. The summed E-state index contributed by atoms with van der Waals surface area (Å²) in [5.41, 5.74) is 5.43. The van der Waals surface area contributed by atoms with Crippen LogP contribution in [0.25, 0.3) is 11.1 Å². The fourth-order valence-corrected chi connectivity index (χ4v) is 3.25. The van der Waals surface area contributed by atoms with E-state index in [2.05, 4.69) is 25.1 Å². The van der Waals surface area contributed by atoms with Gasteiger partial charge in [-0.05, 0) is 48.2 Å². The number of carbonyl (C=O) groups excluding carboxylic acids is 1. The van der Waals surface area contributed by atoms with E-state index in [1.807, 2.05) is 61.6 Å². The molecule has 1 amide bonds. The number of benzene rings is 3. The molecule has 27 heavy (non-hydrogen) atoms. The zero-order valence-electron chi connectivity index (χ0n) is 16.1. The van der Waals surface area contributed by atoms with Crippen molar-refractivity contribution in [2.75, 3.05) is 19.1 Å². The van der Waals surface area contributed by atoms with Crippen LogP contribution in [0.4, 0.5) is 5.69 Å². The standard InChI is InChI=1S/C24H25NO2/c1-18-17-21(27-3)15-13-19(18)14-16-24(26)25(2)23-12-8-7-11-22(23)20-9-5-4-6-10-20/h4-13,15,17H,14,16H2,1-3H3. The number of nitrogens with zero attached hydrogens (tertiary/aromatic N) is 1. The van der Waals surface area contributed by atoms with Gasteiger partial charge in [0.15, 0.2) is 0 Å². The van der Waals surface area contributed by atoms with E-state index in [9.17, 15) is 4.79 Å². The Morgan fingerprint density at radius 2 is 1.67 bits per heavy atom. The van der Waals surface area contributed by atoms with Crippen molar-refractivity contribution in [3.8, 4) is 16.9 Å². The van der Waals surface area contributed by atoms with Gasteiger partial charge in [-0.1, -0.05) is 54.6 Å². The molecule has 0 heterocycles. The number of carbonyl (C=O) groups is 1. The van der Waals surface area contributed by atoms with E-state index < -0.39 is 0 Å². The van der Waals surface area contributed by atoms with E-state index >= 15 is 0 Å². The number of para-hydroxylation sites is 1. The van der Waals surface area contributed by atoms with Gasteiger partial charge < -0.3 is 9.64 Å². The summed E-state index contributed by atoms with van der Waals surface area (Å²) >= 11 is 0. The number of aryl methyl sites for hydroxylation is 2. The van der Waals surface area contributed by atoms with Gasteiger partial charge in [0.2, 0.25) is 5.91 Å². The molecular weight excluding hydrogens is 334 g/mol. The summed E-state index contributed by atoms with van der Waals surface area (Å²) in [6.45, 7) is 2.05. The van der Waals surface area contributed by atoms with Crippen LogP contribution in [0, 0.1) is 6.92 Å². The number of amides is 1. The normalized spacial score (nSPS) is 10.5. The van der Waals surface area contributed by atoms with Crippen LogP contribution >= 0.6 is 0 Å². The van der Waals surface area contributed by atoms with Gasteiger partial charge in [0.05, 0.1) is 12.8 Å². The Bertz CT molecular complexity index is 919. The van der Waals surface area contributed by atoms with Gasteiger partial charge in [0.25, 0.3) is 0 Å². The quantitative estimate of drug-likeness (QED) is 0.600. The van der Waals surface area contributed by atoms with Crippen LogP contribution in [0.2, 0.25) is 0 Å². The van der Waals surface area contributed by atoms with Gasteiger partial charge >= 0.3 is 0 Å². The summed E-state index contributed by atoms with van der Waals surface area (Å²) in [7, 11) is 3.52. The van der Waals surface area contributed by atoms with Gasteiger partial charge in [-0.15, -0.1) is 0 Å². The molecule has 0 aliphatic rings. The molecule has 0 fully saturated rings. The lowest BCUT2D eigenvalue weighted by molar-refractivity contribution is -0.118. The van der Waals surface area contributed by atoms with Crippen LogP contribution in [0.1, 0.15) is 17.5 Å². The first kappa shape index (κ1) is 18.7. The maximum atomic E-state index is 12.8. The van der Waals surface area contributed by atoms with E-state index in [0.717, 1.165) is 28.1 Å². The zero-order chi connectivity index (χ0) is 19.2. The Labute approximate surface area is 161 Å². The van der Waals surface area contributed by atoms with Crippen LogP contribution in [-0.4, -0.2) is 20.1 Å². The Hall–Kier alpha value is -3.07. The molecule has 3 aromatic carbocycles. The average Bonchev–Trinajstić information content (AvgIpc) is 2.72. The van der Waals surface area contributed by atoms with Crippen LogP contribution < -0.4 is 9.64 Å². The van der Waals surface area contributed by atoms with Crippen LogP contribution in [0.15, 0.2) is 72.8 Å². The molecule has 0 aromatic heterocycles. The molecule has 138 valence electrons. The van der Waals surface area contributed by atoms with Gasteiger partial charge in [0, 0.05) is 19.0 Å². The Morgan fingerprint density at radius 3 is 2.37 bits per heavy atom. The van der Waals surface area contributed by atoms with E-state index in [1.165, 1.54) is 5.56 Å². The summed E-state index contributed by atoms with van der Waals surface area (Å²) in [6, 6.07) is 24.2. The molecule has 3 aromatic rings. The Morgan fingerprint density at radius 1 is 0.963 bits per heavy atom. The second-order valence-electron chi connectivity index (χ2n) is 6.63. The highest BCUT2D eigenvalue weighted by atomic mass is 16.5. The molecule has 0 aliphatic heterocycles. The van der Waals surface area contributed by atoms with Crippen molar-refractivity contribution in [2.24, 2.45) is 0 Å². The van der Waals surface area contributed by atoms with Crippen molar-refractivity contribution < 1.29 is 9.53 Å². The lowest BCUT2D eigenvalue weighted by Gasteiger charge is -2.21. The van der Waals surface area contributed by atoms with Crippen molar-refractivity contribution in [2.45, 2.75) is 19.8 Å². The predicted octanol–water partition coefficient (Wildman–Crippen LogP) is 5.27. The SMILES string of the molecule is COc1ccc(CCC(=O)N(C)c2ccccc2-c2ccccc2)c(C)c1.